The van der Waals surface area contributed by atoms with Crippen LogP contribution in [0.25, 0.3) is 11.3 Å². The van der Waals surface area contributed by atoms with E-state index in [1.165, 1.54) is 43.7 Å². The summed E-state index contributed by atoms with van der Waals surface area (Å²) < 4.78 is 33.3. The molecule has 156 valence electrons. The maximum absolute atomic E-state index is 14.3. The third kappa shape index (κ3) is 2.68. The third-order valence-electron chi connectivity index (χ3n) is 6.69. The largest absolute Gasteiger partial charge is 0.511 e. The van der Waals surface area contributed by atoms with Crippen LogP contribution >= 0.6 is 0 Å². The average molecular weight is 412 g/mol. The molecule has 0 unspecified atom stereocenters. The number of aliphatic hydroxyl groups is 1. The zero-order valence-electron chi connectivity index (χ0n) is 16.9. The van der Waals surface area contributed by atoms with Crippen molar-refractivity contribution < 1.29 is 23.4 Å². The van der Waals surface area contributed by atoms with Crippen molar-refractivity contribution in [2.24, 2.45) is 5.41 Å². The van der Waals surface area contributed by atoms with Gasteiger partial charge in [-0.25, -0.2) is 8.78 Å². The molecule has 2 aromatic rings. The maximum Gasteiger partial charge on any atom is 0.185 e. The topological polar surface area (TPSA) is 72.3 Å². The van der Waals surface area contributed by atoms with Crippen LogP contribution in [0.4, 0.5) is 8.78 Å². The molecule has 30 heavy (non-hydrogen) atoms. The fourth-order valence-corrected chi connectivity index (χ4v) is 5.20. The molecule has 1 N–H and O–H groups in total. The van der Waals surface area contributed by atoms with Gasteiger partial charge in [0.15, 0.2) is 5.78 Å². The molecule has 0 aliphatic heterocycles. The molecule has 0 radical (unpaired) electrons. The minimum Gasteiger partial charge on any atom is -0.511 e. The van der Waals surface area contributed by atoms with Crippen LogP contribution < -0.4 is 0 Å². The lowest BCUT2D eigenvalue weighted by molar-refractivity contribution is -0.110. The summed E-state index contributed by atoms with van der Waals surface area (Å²) in [5, 5.41) is 19.4. The molecule has 1 fully saturated rings. The fraction of sp³-hybridized carbons (Fsp3) is 0.348. The summed E-state index contributed by atoms with van der Waals surface area (Å²) in [6.07, 6.45) is 5.00. The van der Waals surface area contributed by atoms with Crippen LogP contribution in [-0.2, 0) is 14.9 Å². The number of fused-ring (bicyclic) bond motifs is 5. The van der Waals surface area contributed by atoms with Gasteiger partial charge >= 0.3 is 0 Å². The lowest BCUT2D eigenvalue weighted by Gasteiger charge is -2.37. The molecule has 0 amide bonds. The number of hydrogen-bond donors (Lipinski definition) is 1. The first kappa shape index (κ1) is 20.2. The number of allylic oxidation sites excluding steroid dienone is 3. The number of aromatic nitrogens is 2. The number of nitrogens with zero attached hydrogens (tertiary/aromatic N) is 2. The smallest absolute Gasteiger partial charge is 0.185 e. The van der Waals surface area contributed by atoms with E-state index in [2.05, 4.69) is 10.2 Å². The molecule has 1 aromatic carbocycles. The monoisotopic (exact) mass is 412 g/mol. The van der Waals surface area contributed by atoms with E-state index < -0.39 is 28.2 Å². The van der Waals surface area contributed by atoms with Gasteiger partial charge in [0.05, 0.1) is 35.7 Å². The van der Waals surface area contributed by atoms with E-state index in [1.54, 1.807) is 6.07 Å². The van der Waals surface area contributed by atoms with E-state index in [0.29, 0.717) is 12.1 Å². The number of ether oxygens (including phenoxy) is 1. The molecule has 1 saturated carbocycles. The van der Waals surface area contributed by atoms with Gasteiger partial charge in [0, 0.05) is 12.2 Å². The summed E-state index contributed by atoms with van der Waals surface area (Å²) in [7, 11) is 1.43. The Hall–Kier alpha value is -3.09. The predicted octanol–water partition coefficient (Wildman–Crippen LogP) is 4.75. The molecule has 0 saturated heterocycles. The van der Waals surface area contributed by atoms with E-state index in [9.17, 15) is 18.7 Å². The highest BCUT2D eigenvalue weighted by atomic mass is 19.1. The number of aliphatic hydroxyl groups excluding tert-OH is 1. The number of ketones is 1. The molecule has 2 atom stereocenters. The molecular weight excluding hydrogens is 390 g/mol. The summed E-state index contributed by atoms with van der Waals surface area (Å²) in [6, 6.07) is 5.32. The van der Waals surface area contributed by atoms with Gasteiger partial charge in [-0.15, -0.1) is 5.10 Å². The van der Waals surface area contributed by atoms with Crippen LogP contribution in [0.15, 0.2) is 48.4 Å². The first-order valence-electron chi connectivity index (χ1n) is 9.71. The first-order valence-corrected chi connectivity index (χ1v) is 9.71. The van der Waals surface area contributed by atoms with Crippen molar-refractivity contribution in [2.45, 2.75) is 38.0 Å². The van der Waals surface area contributed by atoms with Gasteiger partial charge in [-0.05, 0) is 47.9 Å². The summed E-state index contributed by atoms with van der Waals surface area (Å²) >= 11 is 0. The van der Waals surface area contributed by atoms with E-state index in [-0.39, 0.29) is 22.9 Å². The summed E-state index contributed by atoms with van der Waals surface area (Å²) in [5.74, 6) is -1.90. The van der Waals surface area contributed by atoms with Crippen LogP contribution in [0.2, 0.25) is 0 Å². The van der Waals surface area contributed by atoms with Crippen LogP contribution in [0.5, 0.6) is 0 Å². The second-order valence-corrected chi connectivity index (χ2v) is 8.32. The Bertz CT molecular complexity index is 1070. The van der Waals surface area contributed by atoms with Crippen molar-refractivity contribution >= 4 is 5.78 Å². The van der Waals surface area contributed by atoms with Gasteiger partial charge in [0.2, 0.25) is 0 Å². The highest BCUT2D eigenvalue weighted by Crippen LogP contribution is 2.69. The molecule has 4 rings (SSSR count). The number of hydrogen-bond acceptors (Lipinski definition) is 5. The highest BCUT2D eigenvalue weighted by Gasteiger charge is 2.65. The quantitative estimate of drug-likeness (QED) is 0.567. The van der Waals surface area contributed by atoms with Crippen LogP contribution in [0, 0.1) is 17.0 Å². The number of methoxy groups -OCH3 is 1. The Morgan fingerprint density at radius 1 is 1.27 bits per heavy atom. The molecular formula is C23H22F2N2O3. The van der Waals surface area contributed by atoms with Gasteiger partial charge < -0.3 is 9.84 Å². The molecule has 1 aromatic heterocycles. The summed E-state index contributed by atoms with van der Waals surface area (Å²) in [4.78, 5) is 12.2. The predicted molar refractivity (Wildman–Crippen MR) is 107 cm³/mol. The van der Waals surface area contributed by atoms with Crippen molar-refractivity contribution in [1.82, 2.24) is 10.2 Å². The highest BCUT2D eigenvalue weighted by molar-refractivity contribution is 5.99. The number of carbonyl (C=O) groups excluding carboxylic acids is 1. The molecule has 7 heteroatoms. The molecule has 2 aliphatic rings. The van der Waals surface area contributed by atoms with E-state index in [4.69, 9.17) is 4.74 Å². The zero-order valence-corrected chi connectivity index (χ0v) is 16.9. The molecule has 0 spiro atoms. The minimum absolute atomic E-state index is 0.0109. The Kier molecular flexibility index (Phi) is 4.71. The molecule has 1 heterocycles. The van der Waals surface area contributed by atoms with Gasteiger partial charge in [0.25, 0.3) is 0 Å². The average Bonchev–Trinajstić information content (AvgIpc) is 3.08. The normalized spacial score (nSPS) is 24.3. The zero-order chi connectivity index (χ0) is 21.7. The number of halogens is 2. The van der Waals surface area contributed by atoms with Gasteiger partial charge in [-0.2, -0.15) is 5.10 Å². The Morgan fingerprint density at radius 3 is 2.63 bits per heavy atom. The van der Waals surface area contributed by atoms with Gasteiger partial charge in [-0.3, -0.25) is 4.79 Å². The van der Waals surface area contributed by atoms with E-state index in [0.717, 1.165) is 12.0 Å². The standard InChI is InChI=1S/C23H22F2N2O3/c1-22(2)15-7-9-23(22,19(29)11-13(28)8-10-30-3)21-14(15)12-18(26-27-21)20-16(24)5-4-6-17(20)25/h4-6,8,10-12,15,29H,7,9H2,1-3H3/b10-8+,19-11-/t15-,23-/m0/s1. The van der Waals surface area contributed by atoms with Gasteiger partial charge in [-0.1, -0.05) is 19.9 Å². The SMILES string of the molecule is CO/C=C/C(=O)/C=C(\O)[C@@]12CC[C@@H](c3cc(-c4c(F)cccc4F)nnc31)C2(C)C. The lowest BCUT2D eigenvalue weighted by Crippen LogP contribution is -2.38. The van der Waals surface area contributed by atoms with Crippen molar-refractivity contribution in [3.05, 3.63) is 71.3 Å². The number of benzene rings is 1. The van der Waals surface area contributed by atoms with E-state index >= 15 is 0 Å². The van der Waals surface area contributed by atoms with Crippen LogP contribution in [-0.4, -0.2) is 28.2 Å². The van der Waals surface area contributed by atoms with Crippen molar-refractivity contribution in [2.75, 3.05) is 7.11 Å². The Balaban J connectivity index is 1.85. The van der Waals surface area contributed by atoms with Crippen LogP contribution in [0.3, 0.4) is 0 Å². The summed E-state index contributed by atoms with van der Waals surface area (Å²) in [5.41, 5.74) is -0.0850. The maximum atomic E-state index is 14.3. The second kappa shape index (κ2) is 7.00. The second-order valence-electron chi connectivity index (χ2n) is 8.32. The minimum atomic E-state index is -0.886. The molecule has 2 aliphatic carbocycles. The van der Waals surface area contributed by atoms with Crippen molar-refractivity contribution in [3.8, 4) is 11.3 Å². The first-order chi connectivity index (χ1) is 14.2. The third-order valence-corrected chi connectivity index (χ3v) is 6.69. The van der Waals surface area contributed by atoms with Crippen molar-refractivity contribution in [3.63, 3.8) is 0 Å². The molecule has 2 bridgehead atoms. The fourth-order valence-electron chi connectivity index (χ4n) is 5.20. The molecule has 5 nitrogen and oxygen atoms in total. The Morgan fingerprint density at radius 2 is 1.97 bits per heavy atom. The van der Waals surface area contributed by atoms with E-state index in [1.807, 2.05) is 13.8 Å². The number of rotatable bonds is 5. The number of carbonyl (C=O) groups is 1. The summed E-state index contributed by atoms with van der Waals surface area (Å²) in [6.45, 7) is 4.02. The van der Waals surface area contributed by atoms with Gasteiger partial charge in [0.1, 0.15) is 17.4 Å². The Labute approximate surface area is 173 Å². The van der Waals surface area contributed by atoms with Crippen LogP contribution in [0.1, 0.15) is 43.9 Å². The lowest BCUT2D eigenvalue weighted by atomic mass is 9.67. The van der Waals surface area contributed by atoms with Crippen molar-refractivity contribution in [1.29, 1.82) is 0 Å².